The van der Waals surface area contributed by atoms with E-state index in [0.717, 1.165) is 18.4 Å². The topological polar surface area (TPSA) is 68.0 Å². The number of nitrogens with one attached hydrogen (secondary N) is 1. The summed E-state index contributed by atoms with van der Waals surface area (Å²) in [5.41, 5.74) is 6.81. The molecule has 88 valence electrons. The van der Waals surface area contributed by atoms with Gasteiger partial charge in [-0.3, -0.25) is 4.79 Å². The van der Waals surface area contributed by atoms with E-state index < -0.39 is 6.04 Å². The first-order valence-corrected chi connectivity index (χ1v) is 5.62. The van der Waals surface area contributed by atoms with Gasteiger partial charge in [0.05, 0.1) is 6.04 Å². The monoisotopic (exact) mass is 221 g/mol. The number of nitrogens with zero attached hydrogens (tertiary/aromatic N) is 1. The fourth-order valence-electron chi connectivity index (χ4n) is 1.38. The SMILES string of the molecule is CCCC[C@H](N)C(=O)Nc1cc(C)ccn1. The number of pyridine rings is 1. The number of rotatable bonds is 5. The number of carbonyl (C=O) groups is 1. The average molecular weight is 221 g/mol. The number of aryl methyl sites for hydroxylation is 1. The van der Waals surface area contributed by atoms with Crippen LogP contribution in [-0.4, -0.2) is 16.9 Å². The standard InChI is InChI=1S/C12H19N3O/c1-3-4-5-10(13)12(16)15-11-8-9(2)6-7-14-11/h6-8,10H,3-5,13H2,1-2H3,(H,14,15,16)/t10-/m0/s1. The molecule has 0 aliphatic carbocycles. The van der Waals surface area contributed by atoms with E-state index in [2.05, 4.69) is 17.2 Å². The Bertz CT molecular complexity index is 352. The summed E-state index contributed by atoms with van der Waals surface area (Å²) in [5, 5.41) is 2.72. The molecule has 1 heterocycles. The van der Waals surface area contributed by atoms with Crippen LogP contribution in [0.5, 0.6) is 0 Å². The van der Waals surface area contributed by atoms with Crippen molar-refractivity contribution in [2.24, 2.45) is 5.73 Å². The molecule has 0 aliphatic rings. The highest BCUT2D eigenvalue weighted by Gasteiger charge is 2.12. The second-order valence-electron chi connectivity index (χ2n) is 3.96. The van der Waals surface area contributed by atoms with Crippen molar-refractivity contribution in [1.29, 1.82) is 0 Å². The van der Waals surface area contributed by atoms with Gasteiger partial charge in [0.15, 0.2) is 0 Å². The highest BCUT2D eigenvalue weighted by atomic mass is 16.2. The first-order valence-electron chi connectivity index (χ1n) is 5.62. The normalized spacial score (nSPS) is 12.2. The lowest BCUT2D eigenvalue weighted by Crippen LogP contribution is -2.35. The van der Waals surface area contributed by atoms with E-state index in [1.165, 1.54) is 0 Å². The van der Waals surface area contributed by atoms with Crippen LogP contribution >= 0.6 is 0 Å². The van der Waals surface area contributed by atoms with Gasteiger partial charge in [0.1, 0.15) is 5.82 Å². The molecule has 3 N–H and O–H groups in total. The summed E-state index contributed by atoms with van der Waals surface area (Å²) in [6.45, 7) is 4.03. The van der Waals surface area contributed by atoms with Gasteiger partial charge in [-0.25, -0.2) is 4.98 Å². The van der Waals surface area contributed by atoms with Gasteiger partial charge in [-0.15, -0.1) is 0 Å². The lowest BCUT2D eigenvalue weighted by Gasteiger charge is -2.11. The van der Waals surface area contributed by atoms with Crippen LogP contribution in [0.4, 0.5) is 5.82 Å². The molecule has 16 heavy (non-hydrogen) atoms. The number of nitrogens with two attached hydrogens (primary N) is 1. The molecule has 0 fully saturated rings. The van der Waals surface area contributed by atoms with E-state index in [1.807, 2.05) is 19.1 Å². The van der Waals surface area contributed by atoms with Crippen molar-refractivity contribution in [2.45, 2.75) is 39.2 Å². The Kier molecular flexibility index (Phi) is 4.92. The molecule has 0 saturated heterocycles. The Balaban J connectivity index is 2.50. The van der Waals surface area contributed by atoms with Crippen LogP contribution in [-0.2, 0) is 4.79 Å². The summed E-state index contributed by atoms with van der Waals surface area (Å²) in [5.74, 6) is 0.406. The fraction of sp³-hybridized carbons (Fsp3) is 0.500. The summed E-state index contributed by atoms with van der Waals surface area (Å²) in [7, 11) is 0. The first kappa shape index (κ1) is 12.6. The van der Waals surface area contributed by atoms with Crippen molar-refractivity contribution in [1.82, 2.24) is 4.98 Å². The van der Waals surface area contributed by atoms with Gasteiger partial charge in [-0.2, -0.15) is 0 Å². The first-order chi connectivity index (χ1) is 7.63. The van der Waals surface area contributed by atoms with Crippen molar-refractivity contribution in [3.8, 4) is 0 Å². The minimum absolute atomic E-state index is 0.161. The minimum Gasteiger partial charge on any atom is -0.320 e. The highest BCUT2D eigenvalue weighted by Crippen LogP contribution is 2.07. The Morgan fingerprint density at radius 3 is 3.00 bits per heavy atom. The molecular weight excluding hydrogens is 202 g/mol. The van der Waals surface area contributed by atoms with Gasteiger partial charge in [0.2, 0.25) is 5.91 Å². The number of hydrogen-bond acceptors (Lipinski definition) is 3. The minimum atomic E-state index is -0.442. The molecule has 0 saturated carbocycles. The number of unbranched alkanes of at least 4 members (excludes halogenated alkanes) is 1. The second-order valence-corrected chi connectivity index (χ2v) is 3.96. The molecule has 1 amide bonds. The van der Waals surface area contributed by atoms with Crippen molar-refractivity contribution >= 4 is 11.7 Å². The Morgan fingerprint density at radius 1 is 1.62 bits per heavy atom. The third-order valence-electron chi connectivity index (χ3n) is 2.37. The molecule has 0 aromatic carbocycles. The van der Waals surface area contributed by atoms with E-state index >= 15 is 0 Å². The summed E-state index contributed by atoms with van der Waals surface area (Å²) in [6, 6.07) is 3.26. The molecule has 0 spiro atoms. The molecule has 0 bridgehead atoms. The summed E-state index contributed by atoms with van der Waals surface area (Å²) in [4.78, 5) is 15.7. The van der Waals surface area contributed by atoms with Gasteiger partial charge < -0.3 is 11.1 Å². The largest absolute Gasteiger partial charge is 0.320 e. The van der Waals surface area contributed by atoms with E-state index in [1.54, 1.807) is 6.20 Å². The molecular formula is C12H19N3O. The van der Waals surface area contributed by atoms with Crippen LogP contribution in [0.25, 0.3) is 0 Å². The molecule has 1 aromatic rings. The molecule has 1 atom stereocenters. The number of aromatic nitrogens is 1. The Hall–Kier alpha value is -1.42. The highest BCUT2D eigenvalue weighted by molar-refractivity contribution is 5.93. The number of carbonyl (C=O) groups excluding carboxylic acids is 1. The number of amides is 1. The van der Waals surface area contributed by atoms with E-state index in [9.17, 15) is 4.79 Å². The third-order valence-corrected chi connectivity index (χ3v) is 2.37. The summed E-state index contributed by atoms with van der Waals surface area (Å²) < 4.78 is 0. The van der Waals surface area contributed by atoms with Crippen molar-refractivity contribution in [3.05, 3.63) is 23.9 Å². The predicted molar refractivity (Wildman–Crippen MR) is 65.1 cm³/mol. The zero-order valence-electron chi connectivity index (χ0n) is 9.86. The van der Waals surface area contributed by atoms with Crippen molar-refractivity contribution < 1.29 is 4.79 Å². The molecule has 0 radical (unpaired) electrons. The molecule has 0 aliphatic heterocycles. The summed E-state index contributed by atoms with van der Waals surface area (Å²) >= 11 is 0. The maximum absolute atomic E-state index is 11.7. The van der Waals surface area contributed by atoms with Gasteiger partial charge in [-0.1, -0.05) is 19.8 Å². The van der Waals surface area contributed by atoms with Gasteiger partial charge >= 0.3 is 0 Å². The maximum Gasteiger partial charge on any atom is 0.242 e. The van der Waals surface area contributed by atoms with Crippen LogP contribution in [0.1, 0.15) is 31.7 Å². The molecule has 4 heteroatoms. The third kappa shape index (κ3) is 3.98. The second kappa shape index (κ2) is 6.23. The molecule has 0 unspecified atom stereocenters. The van der Waals surface area contributed by atoms with Gasteiger partial charge in [0, 0.05) is 6.20 Å². The predicted octanol–water partition coefficient (Wildman–Crippen LogP) is 1.85. The summed E-state index contributed by atoms with van der Waals surface area (Å²) in [6.07, 6.45) is 4.40. The Morgan fingerprint density at radius 2 is 2.38 bits per heavy atom. The average Bonchev–Trinajstić information content (AvgIpc) is 2.25. The fourth-order valence-corrected chi connectivity index (χ4v) is 1.38. The Labute approximate surface area is 96.3 Å². The smallest absolute Gasteiger partial charge is 0.242 e. The van der Waals surface area contributed by atoms with Gasteiger partial charge in [-0.05, 0) is 31.0 Å². The van der Waals surface area contributed by atoms with Crippen LogP contribution in [0.3, 0.4) is 0 Å². The lowest BCUT2D eigenvalue weighted by molar-refractivity contribution is -0.117. The number of hydrogen-bond donors (Lipinski definition) is 2. The zero-order valence-corrected chi connectivity index (χ0v) is 9.86. The van der Waals surface area contributed by atoms with Crippen LogP contribution in [0.15, 0.2) is 18.3 Å². The van der Waals surface area contributed by atoms with Crippen molar-refractivity contribution in [3.63, 3.8) is 0 Å². The van der Waals surface area contributed by atoms with E-state index in [-0.39, 0.29) is 5.91 Å². The van der Waals surface area contributed by atoms with Gasteiger partial charge in [0.25, 0.3) is 0 Å². The molecule has 4 nitrogen and oxygen atoms in total. The zero-order chi connectivity index (χ0) is 12.0. The van der Waals surface area contributed by atoms with Crippen LogP contribution in [0.2, 0.25) is 0 Å². The van der Waals surface area contributed by atoms with Crippen molar-refractivity contribution in [2.75, 3.05) is 5.32 Å². The maximum atomic E-state index is 11.7. The quantitative estimate of drug-likeness (QED) is 0.797. The van der Waals surface area contributed by atoms with E-state index in [4.69, 9.17) is 5.73 Å². The van der Waals surface area contributed by atoms with Crippen LogP contribution < -0.4 is 11.1 Å². The molecule has 1 rings (SSSR count). The lowest BCUT2D eigenvalue weighted by atomic mass is 10.1. The number of anilines is 1. The molecule has 1 aromatic heterocycles. The van der Waals surface area contributed by atoms with Crippen LogP contribution in [0, 0.1) is 6.92 Å². The van der Waals surface area contributed by atoms with E-state index in [0.29, 0.717) is 12.2 Å².